The summed E-state index contributed by atoms with van der Waals surface area (Å²) >= 11 is 0. The van der Waals surface area contributed by atoms with Crippen molar-refractivity contribution < 1.29 is 9.90 Å². The molecular weight excluding hydrogens is 108 g/mol. The summed E-state index contributed by atoms with van der Waals surface area (Å²) in [4.78, 5) is 8.36. The number of nitrogens with one attached hydrogen (secondary N) is 1. The lowest BCUT2D eigenvalue weighted by Crippen LogP contribution is -2.29. The van der Waals surface area contributed by atoms with E-state index in [1.165, 1.54) is 19.5 Å². The molecule has 0 aromatic rings. The molecule has 0 aromatic heterocycles. The Labute approximate surface area is 48.5 Å². The van der Waals surface area contributed by atoms with Crippen LogP contribution in [0.2, 0.25) is 0 Å². The molecule has 1 heterocycles. The molecule has 1 aliphatic rings. The molecule has 0 bridgehead atoms. The number of carboxylic acid groups (broad SMARTS) is 1. The van der Waals surface area contributed by atoms with E-state index in [4.69, 9.17) is 9.90 Å². The molecule has 4 heteroatoms. The largest absolute Gasteiger partial charge is 0.483 e. The van der Waals surface area contributed by atoms with E-state index in [1.807, 2.05) is 0 Å². The van der Waals surface area contributed by atoms with Gasteiger partial charge < -0.3 is 16.6 Å². The van der Waals surface area contributed by atoms with Crippen LogP contribution in [0.4, 0.5) is 0 Å². The van der Waals surface area contributed by atoms with Crippen LogP contribution < -0.4 is 11.5 Å². The number of hydrogen-bond acceptors (Lipinski definition) is 3. The van der Waals surface area contributed by atoms with Crippen molar-refractivity contribution in [1.82, 2.24) is 11.5 Å². The SMILES string of the molecule is C1CNC1.N.O=CO. The van der Waals surface area contributed by atoms with Crippen LogP contribution >= 0.6 is 0 Å². The highest BCUT2D eigenvalue weighted by molar-refractivity contribution is 5.32. The van der Waals surface area contributed by atoms with E-state index in [1.54, 1.807) is 0 Å². The van der Waals surface area contributed by atoms with Crippen molar-refractivity contribution in [3.63, 3.8) is 0 Å². The van der Waals surface area contributed by atoms with Crippen LogP contribution in [0.25, 0.3) is 0 Å². The Kier molecular flexibility index (Phi) is 12.5. The minimum absolute atomic E-state index is 0. The predicted molar refractivity (Wildman–Crippen MR) is 31.2 cm³/mol. The van der Waals surface area contributed by atoms with E-state index in [0.29, 0.717) is 0 Å². The molecule has 1 fully saturated rings. The number of hydrogen-bond donors (Lipinski definition) is 3. The van der Waals surface area contributed by atoms with Gasteiger partial charge in [0, 0.05) is 0 Å². The zero-order valence-corrected chi connectivity index (χ0v) is 4.76. The van der Waals surface area contributed by atoms with Crippen molar-refractivity contribution >= 4 is 6.47 Å². The second-order valence-electron chi connectivity index (χ2n) is 1.21. The van der Waals surface area contributed by atoms with Crippen LogP contribution in [0, 0.1) is 0 Å². The summed E-state index contributed by atoms with van der Waals surface area (Å²) in [6.07, 6.45) is 1.39. The van der Waals surface area contributed by atoms with Crippen LogP contribution in [-0.2, 0) is 4.79 Å². The molecular formula is C4H12N2O2. The monoisotopic (exact) mass is 120 g/mol. The molecule has 1 rings (SSSR count). The van der Waals surface area contributed by atoms with Crippen LogP contribution in [0.5, 0.6) is 0 Å². The van der Waals surface area contributed by atoms with Gasteiger partial charge in [0.05, 0.1) is 0 Å². The van der Waals surface area contributed by atoms with E-state index >= 15 is 0 Å². The van der Waals surface area contributed by atoms with Gasteiger partial charge in [-0.25, -0.2) is 0 Å². The maximum absolute atomic E-state index is 8.36. The fourth-order valence-electron chi connectivity index (χ4n) is 0.177. The lowest BCUT2D eigenvalue weighted by Gasteiger charge is -2.09. The standard InChI is InChI=1S/C3H7N.CH2O2.H3N/c1-2-4-3-1;2-1-3;/h4H,1-3H2;1H,(H,2,3);1H3. The Morgan fingerprint density at radius 3 is 1.62 bits per heavy atom. The molecule has 0 aromatic carbocycles. The van der Waals surface area contributed by atoms with Crippen molar-refractivity contribution in [2.24, 2.45) is 0 Å². The summed E-state index contributed by atoms with van der Waals surface area (Å²) in [5.41, 5.74) is 0. The first-order valence-electron chi connectivity index (χ1n) is 2.20. The zero-order valence-electron chi connectivity index (χ0n) is 4.76. The fraction of sp³-hybridized carbons (Fsp3) is 0.750. The van der Waals surface area contributed by atoms with Crippen LogP contribution in [0.3, 0.4) is 0 Å². The van der Waals surface area contributed by atoms with Crippen LogP contribution in [0.15, 0.2) is 0 Å². The van der Waals surface area contributed by atoms with Gasteiger partial charge in [-0.05, 0) is 19.5 Å². The minimum Gasteiger partial charge on any atom is -0.483 e. The van der Waals surface area contributed by atoms with Crippen molar-refractivity contribution in [1.29, 1.82) is 0 Å². The first kappa shape index (κ1) is 10.4. The second-order valence-corrected chi connectivity index (χ2v) is 1.21. The number of carbonyl (C=O) groups is 1. The number of rotatable bonds is 0. The van der Waals surface area contributed by atoms with Gasteiger partial charge in [0.25, 0.3) is 6.47 Å². The molecule has 4 nitrogen and oxygen atoms in total. The van der Waals surface area contributed by atoms with Crippen molar-refractivity contribution in [2.75, 3.05) is 13.1 Å². The molecule has 0 saturated carbocycles. The molecule has 0 radical (unpaired) electrons. The Morgan fingerprint density at radius 2 is 1.62 bits per heavy atom. The van der Waals surface area contributed by atoms with E-state index in [2.05, 4.69) is 5.32 Å². The molecule has 0 atom stereocenters. The highest BCUT2D eigenvalue weighted by Gasteiger charge is 1.92. The van der Waals surface area contributed by atoms with E-state index in [-0.39, 0.29) is 12.6 Å². The van der Waals surface area contributed by atoms with Crippen LogP contribution in [0.1, 0.15) is 6.42 Å². The summed E-state index contributed by atoms with van der Waals surface area (Å²) in [7, 11) is 0. The third-order valence-electron chi connectivity index (χ3n) is 0.707. The lowest BCUT2D eigenvalue weighted by atomic mass is 10.3. The van der Waals surface area contributed by atoms with E-state index in [9.17, 15) is 0 Å². The Morgan fingerprint density at radius 1 is 1.50 bits per heavy atom. The summed E-state index contributed by atoms with van der Waals surface area (Å²) < 4.78 is 0. The summed E-state index contributed by atoms with van der Waals surface area (Å²) in [5, 5.41) is 10.0. The average Bonchev–Trinajstić information content (AvgIpc) is 1.27. The summed E-state index contributed by atoms with van der Waals surface area (Å²) in [6.45, 7) is 2.25. The molecule has 1 aliphatic heterocycles. The average molecular weight is 120 g/mol. The Bertz CT molecular complexity index is 41.3. The first-order valence-corrected chi connectivity index (χ1v) is 2.20. The van der Waals surface area contributed by atoms with Crippen molar-refractivity contribution in [3.05, 3.63) is 0 Å². The second kappa shape index (κ2) is 9.63. The predicted octanol–water partition coefficient (Wildman–Crippen LogP) is -0.158. The quantitative estimate of drug-likeness (QED) is 0.388. The molecule has 0 aliphatic carbocycles. The Hall–Kier alpha value is -0.610. The molecule has 0 unspecified atom stereocenters. The van der Waals surface area contributed by atoms with Crippen molar-refractivity contribution in [3.8, 4) is 0 Å². The van der Waals surface area contributed by atoms with Crippen molar-refractivity contribution in [2.45, 2.75) is 6.42 Å². The van der Waals surface area contributed by atoms with Gasteiger partial charge in [0.15, 0.2) is 0 Å². The molecule has 8 heavy (non-hydrogen) atoms. The zero-order chi connectivity index (χ0) is 5.54. The first-order chi connectivity index (χ1) is 3.41. The lowest BCUT2D eigenvalue weighted by molar-refractivity contribution is -0.122. The molecule has 50 valence electrons. The smallest absolute Gasteiger partial charge is 0.290 e. The molecule has 5 N–H and O–H groups in total. The maximum Gasteiger partial charge on any atom is 0.290 e. The fourth-order valence-corrected chi connectivity index (χ4v) is 0.177. The van der Waals surface area contributed by atoms with Gasteiger partial charge in [-0.2, -0.15) is 0 Å². The van der Waals surface area contributed by atoms with Gasteiger partial charge >= 0.3 is 0 Å². The van der Waals surface area contributed by atoms with E-state index in [0.717, 1.165) is 0 Å². The summed E-state index contributed by atoms with van der Waals surface area (Å²) in [5.74, 6) is 0. The maximum atomic E-state index is 8.36. The Balaban J connectivity index is 0. The third kappa shape index (κ3) is 9.04. The molecule has 0 amide bonds. The normalized spacial score (nSPS) is 13.5. The molecule has 0 spiro atoms. The third-order valence-corrected chi connectivity index (χ3v) is 0.707. The van der Waals surface area contributed by atoms with Gasteiger partial charge in [0.2, 0.25) is 0 Å². The van der Waals surface area contributed by atoms with Gasteiger partial charge in [-0.15, -0.1) is 0 Å². The van der Waals surface area contributed by atoms with Crippen LogP contribution in [-0.4, -0.2) is 24.7 Å². The van der Waals surface area contributed by atoms with Gasteiger partial charge in [0.1, 0.15) is 0 Å². The highest BCUT2D eigenvalue weighted by atomic mass is 16.3. The summed E-state index contributed by atoms with van der Waals surface area (Å²) in [6, 6.07) is 0. The topological polar surface area (TPSA) is 84.3 Å². The van der Waals surface area contributed by atoms with Gasteiger partial charge in [-0.3, -0.25) is 4.79 Å². The molecule has 1 saturated heterocycles. The highest BCUT2D eigenvalue weighted by Crippen LogP contribution is 1.80. The van der Waals surface area contributed by atoms with Gasteiger partial charge in [-0.1, -0.05) is 0 Å². The minimum atomic E-state index is -0.250. The van der Waals surface area contributed by atoms with E-state index < -0.39 is 0 Å².